The van der Waals surface area contributed by atoms with Crippen LogP contribution in [0.3, 0.4) is 0 Å². The normalized spacial score (nSPS) is 12.4. The lowest BCUT2D eigenvalue weighted by Gasteiger charge is -2.20. The molecule has 2 N–H and O–H groups in total. The Hall–Kier alpha value is -2.82. The van der Waals surface area contributed by atoms with Crippen molar-refractivity contribution in [1.82, 2.24) is 0 Å². The molecule has 2 aromatic carbocycles. The van der Waals surface area contributed by atoms with Crippen LogP contribution in [0.5, 0.6) is 17.2 Å². The number of aryl methyl sites for hydroxylation is 1. The van der Waals surface area contributed by atoms with Crippen LogP contribution in [0.25, 0.3) is 0 Å². The van der Waals surface area contributed by atoms with E-state index in [9.17, 15) is 19.8 Å². The molecule has 42 heavy (non-hydrogen) atoms. The molecular formula is C37H54O5. The van der Waals surface area contributed by atoms with Crippen LogP contribution in [0.15, 0.2) is 24.3 Å². The summed E-state index contributed by atoms with van der Waals surface area (Å²) in [6.45, 7) is 4.53. The molecule has 0 heterocycles. The van der Waals surface area contributed by atoms with Crippen LogP contribution in [0.4, 0.5) is 0 Å². The van der Waals surface area contributed by atoms with Gasteiger partial charge >= 0.3 is 0 Å². The minimum Gasteiger partial charge on any atom is -0.507 e. The predicted molar refractivity (Wildman–Crippen MR) is 171 cm³/mol. The largest absolute Gasteiger partial charge is 0.507 e. The zero-order valence-corrected chi connectivity index (χ0v) is 26.3. The Morgan fingerprint density at radius 1 is 0.524 bits per heavy atom. The summed E-state index contributed by atoms with van der Waals surface area (Å²) < 4.78 is 5.84. The van der Waals surface area contributed by atoms with Crippen LogP contribution in [0, 0.1) is 6.92 Å². The van der Waals surface area contributed by atoms with Crippen molar-refractivity contribution in [2.24, 2.45) is 0 Å². The van der Waals surface area contributed by atoms with Crippen molar-refractivity contribution >= 4 is 11.6 Å². The highest BCUT2D eigenvalue weighted by atomic mass is 16.5. The maximum Gasteiger partial charge on any atom is 0.201 e. The third kappa shape index (κ3) is 10.5. The van der Waals surface area contributed by atoms with Gasteiger partial charge in [-0.2, -0.15) is 0 Å². The SMILES string of the molecule is CCCCCCCCCCCCCCCCCCCCCCOc1cc(O)c2c(c1)C(=O)c1cc(C)cc(O)c1C2=O. The van der Waals surface area contributed by atoms with Gasteiger partial charge in [0.15, 0.2) is 5.78 Å². The van der Waals surface area contributed by atoms with Crippen LogP contribution in [-0.4, -0.2) is 28.4 Å². The molecule has 232 valence electrons. The Morgan fingerprint density at radius 2 is 0.929 bits per heavy atom. The number of hydrogen-bond acceptors (Lipinski definition) is 5. The molecule has 0 saturated heterocycles. The Morgan fingerprint density at radius 3 is 1.40 bits per heavy atom. The lowest BCUT2D eigenvalue weighted by molar-refractivity contribution is 0.0973. The first kappa shape index (κ1) is 33.7. The number of carbonyl (C=O) groups is 2. The molecule has 5 heteroatoms. The Kier molecular flexibility index (Phi) is 15.0. The predicted octanol–water partition coefficient (Wildman–Crippen LogP) is 10.4. The average Bonchev–Trinajstić information content (AvgIpc) is 2.96. The van der Waals surface area contributed by atoms with Gasteiger partial charge < -0.3 is 14.9 Å². The standard InChI is InChI=1S/C37H54O5/c1-3-4-5-6-7-8-9-10-11-12-13-14-15-16-17-18-19-20-21-22-23-42-29-26-31-35(33(39)27-29)37(41)34-30(36(31)40)24-28(2)25-32(34)38/h24-27,38-39H,3-23H2,1-2H3. The highest BCUT2D eigenvalue weighted by Crippen LogP contribution is 2.39. The highest BCUT2D eigenvalue weighted by molar-refractivity contribution is 6.30. The molecule has 0 aliphatic heterocycles. The van der Waals surface area contributed by atoms with Crippen LogP contribution < -0.4 is 4.74 Å². The summed E-state index contributed by atoms with van der Waals surface area (Å²) >= 11 is 0. The van der Waals surface area contributed by atoms with E-state index in [0.29, 0.717) is 17.9 Å². The summed E-state index contributed by atoms with van der Waals surface area (Å²) in [5, 5.41) is 20.8. The van der Waals surface area contributed by atoms with Crippen molar-refractivity contribution in [2.45, 2.75) is 142 Å². The first-order valence-corrected chi connectivity index (χ1v) is 16.9. The number of ketones is 2. The third-order valence-corrected chi connectivity index (χ3v) is 8.56. The van der Waals surface area contributed by atoms with Gasteiger partial charge in [-0.1, -0.05) is 129 Å². The number of hydrogen-bond donors (Lipinski definition) is 2. The average molecular weight is 579 g/mol. The van der Waals surface area contributed by atoms with E-state index in [1.165, 1.54) is 134 Å². The van der Waals surface area contributed by atoms with Gasteiger partial charge in [0.2, 0.25) is 5.78 Å². The molecule has 3 rings (SSSR count). The second-order valence-electron chi connectivity index (χ2n) is 12.3. The molecule has 1 aliphatic rings. The van der Waals surface area contributed by atoms with Crippen LogP contribution in [-0.2, 0) is 0 Å². The zero-order chi connectivity index (χ0) is 30.2. The summed E-state index contributed by atoms with van der Waals surface area (Å²) in [4.78, 5) is 26.1. The lowest BCUT2D eigenvalue weighted by Crippen LogP contribution is -2.21. The summed E-state index contributed by atoms with van der Waals surface area (Å²) in [5.41, 5.74) is 0.850. The number of unbranched alkanes of at least 4 members (excludes halogenated alkanes) is 19. The van der Waals surface area contributed by atoms with E-state index in [1.807, 2.05) is 0 Å². The smallest absolute Gasteiger partial charge is 0.201 e. The molecule has 0 atom stereocenters. The van der Waals surface area contributed by atoms with Gasteiger partial charge in [-0.15, -0.1) is 0 Å². The third-order valence-electron chi connectivity index (χ3n) is 8.56. The summed E-state index contributed by atoms with van der Waals surface area (Å²) in [5.74, 6) is -1.10. The summed E-state index contributed by atoms with van der Waals surface area (Å²) in [7, 11) is 0. The molecule has 0 aromatic heterocycles. The molecule has 0 unspecified atom stereocenters. The van der Waals surface area contributed by atoms with Crippen LogP contribution in [0.2, 0.25) is 0 Å². The number of phenols is 2. The van der Waals surface area contributed by atoms with Crippen molar-refractivity contribution in [3.05, 3.63) is 52.1 Å². The van der Waals surface area contributed by atoms with Gasteiger partial charge in [0.05, 0.1) is 17.7 Å². The lowest BCUT2D eigenvalue weighted by atomic mass is 9.82. The van der Waals surface area contributed by atoms with E-state index in [-0.39, 0.29) is 33.8 Å². The topological polar surface area (TPSA) is 83.8 Å². The number of fused-ring (bicyclic) bond motifs is 2. The fourth-order valence-corrected chi connectivity index (χ4v) is 6.10. The first-order valence-electron chi connectivity index (χ1n) is 16.9. The van der Waals surface area contributed by atoms with Gasteiger partial charge in [-0.05, 0) is 37.1 Å². The van der Waals surface area contributed by atoms with Gasteiger partial charge in [-0.25, -0.2) is 0 Å². The fourth-order valence-electron chi connectivity index (χ4n) is 6.10. The van der Waals surface area contributed by atoms with Crippen LogP contribution in [0.1, 0.15) is 173 Å². The van der Waals surface area contributed by atoms with Crippen molar-refractivity contribution in [2.75, 3.05) is 6.61 Å². The zero-order valence-electron chi connectivity index (χ0n) is 26.3. The monoisotopic (exact) mass is 578 g/mol. The second-order valence-corrected chi connectivity index (χ2v) is 12.3. The molecule has 0 spiro atoms. The van der Waals surface area contributed by atoms with Crippen LogP contribution >= 0.6 is 0 Å². The number of rotatable bonds is 22. The minimum absolute atomic E-state index is 0.0496. The van der Waals surface area contributed by atoms with E-state index in [2.05, 4.69) is 6.92 Å². The summed E-state index contributed by atoms with van der Waals surface area (Å²) in [6, 6.07) is 5.97. The Balaban J connectivity index is 1.20. The van der Waals surface area contributed by atoms with Crippen molar-refractivity contribution in [1.29, 1.82) is 0 Å². The van der Waals surface area contributed by atoms with E-state index in [0.717, 1.165) is 12.8 Å². The molecule has 0 radical (unpaired) electrons. The molecule has 0 amide bonds. The van der Waals surface area contributed by atoms with E-state index in [1.54, 1.807) is 13.0 Å². The molecule has 2 aromatic rings. The molecular weight excluding hydrogens is 524 g/mol. The number of ether oxygens (including phenoxy) is 1. The number of phenolic OH excluding ortho intramolecular Hbond substituents is 2. The highest BCUT2D eigenvalue weighted by Gasteiger charge is 2.35. The Labute approximate surface area is 254 Å². The van der Waals surface area contributed by atoms with Crippen molar-refractivity contribution < 1.29 is 24.5 Å². The quantitative estimate of drug-likeness (QED) is 0.116. The number of benzene rings is 2. The minimum atomic E-state index is -0.546. The maximum atomic E-state index is 13.1. The molecule has 5 nitrogen and oxygen atoms in total. The van der Waals surface area contributed by atoms with Gasteiger partial charge in [0.1, 0.15) is 17.2 Å². The molecule has 0 fully saturated rings. The van der Waals surface area contributed by atoms with E-state index in [4.69, 9.17) is 4.74 Å². The second kappa shape index (κ2) is 18.7. The van der Waals surface area contributed by atoms with Crippen molar-refractivity contribution in [3.63, 3.8) is 0 Å². The van der Waals surface area contributed by atoms with E-state index < -0.39 is 11.6 Å². The van der Waals surface area contributed by atoms with Gasteiger partial charge in [0.25, 0.3) is 0 Å². The number of aromatic hydroxyl groups is 2. The number of carbonyl (C=O) groups excluding carboxylic acids is 2. The summed E-state index contributed by atoms with van der Waals surface area (Å²) in [6.07, 6.45) is 26.7. The molecule has 0 saturated carbocycles. The van der Waals surface area contributed by atoms with Gasteiger partial charge in [-0.3, -0.25) is 9.59 Å². The van der Waals surface area contributed by atoms with E-state index >= 15 is 0 Å². The Bertz CT molecular complexity index is 1140. The molecule has 0 bridgehead atoms. The first-order chi connectivity index (χ1) is 20.4. The maximum absolute atomic E-state index is 13.1. The molecule has 1 aliphatic carbocycles. The van der Waals surface area contributed by atoms with Gasteiger partial charge in [0, 0.05) is 17.2 Å². The van der Waals surface area contributed by atoms with Crippen molar-refractivity contribution in [3.8, 4) is 17.2 Å². The fraction of sp³-hybridized carbons (Fsp3) is 0.622.